The van der Waals surface area contributed by atoms with Gasteiger partial charge in [-0.05, 0) is 44.3 Å². The first-order valence-corrected chi connectivity index (χ1v) is 6.38. The molecule has 90 valence electrons. The number of benzene rings is 1. The fourth-order valence-corrected chi connectivity index (χ4v) is 2.54. The molecule has 0 saturated carbocycles. The average molecular weight is 248 g/mol. The largest absolute Gasteiger partial charge is 0.439 e. The van der Waals surface area contributed by atoms with E-state index < -0.39 is 0 Å². The number of nitrogens with one attached hydrogen (secondary N) is 1. The van der Waals surface area contributed by atoms with Gasteiger partial charge in [0, 0.05) is 10.9 Å². The van der Waals surface area contributed by atoms with Gasteiger partial charge in [-0.25, -0.2) is 4.98 Å². The van der Waals surface area contributed by atoms with E-state index in [-0.39, 0.29) is 0 Å². The highest BCUT2D eigenvalue weighted by atomic mass is 32.2. The van der Waals surface area contributed by atoms with Crippen molar-refractivity contribution < 1.29 is 4.42 Å². The monoisotopic (exact) mass is 248 g/mol. The quantitative estimate of drug-likeness (QED) is 0.899. The molecule has 1 atom stereocenters. The summed E-state index contributed by atoms with van der Waals surface area (Å²) in [6, 6.07) is 8.61. The van der Waals surface area contributed by atoms with Crippen LogP contribution in [0.4, 0.5) is 0 Å². The van der Waals surface area contributed by atoms with Crippen LogP contribution in [-0.4, -0.2) is 12.0 Å². The Morgan fingerprint density at radius 3 is 2.76 bits per heavy atom. The van der Waals surface area contributed by atoms with Gasteiger partial charge in [-0.15, -0.1) is 0 Å². The van der Waals surface area contributed by atoms with Gasteiger partial charge < -0.3 is 9.73 Å². The van der Waals surface area contributed by atoms with Crippen LogP contribution in [0.1, 0.15) is 24.2 Å². The van der Waals surface area contributed by atoms with E-state index in [0.717, 1.165) is 5.69 Å². The number of hydrogen-bond donors (Lipinski definition) is 1. The van der Waals surface area contributed by atoms with Crippen molar-refractivity contribution in [2.45, 2.75) is 30.0 Å². The van der Waals surface area contributed by atoms with Crippen LogP contribution in [0.2, 0.25) is 0 Å². The van der Waals surface area contributed by atoms with Crippen LogP contribution in [0.3, 0.4) is 0 Å². The molecule has 1 N–H and O–H groups in total. The Hall–Kier alpha value is -1.26. The van der Waals surface area contributed by atoms with Gasteiger partial charge in [0.2, 0.25) is 0 Å². The minimum atomic E-state index is 0.315. The molecule has 2 rings (SSSR count). The van der Waals surface area contributed by atoms with E-state index in [4.69, 9.17) is 4.42 Å². The molecule has 4 heteroatoms. The highest BCUT2D eigenvalue weighted by Crippen LogP contribution is 2.32. The maximum atomic E-state index is 5.37. The third-order valence-corrected chi connectivity index (χ3v) is 3.57. The fourth-order valence-electron chi connectivity index (χ4n) is 1.56. The molecule has 0 spiro atoms. The van der Waals surface area contributed by atoms with E-state index in [1.807, 2.05) is 26.1 Å². The zero-order valence-corrected chi connectivity index (χ0v) is 11.0. The molecule has 1 aromatic carbocycles. The molecule has 0 radical (unpaired) electrons. The van der Waals surface area contributed by atoms with E-state index >= 15 is 0 Å². The van der Waals surface area contributed by atoms with Crippen LogP contribution >= 0.6 is 11.8 Å². The summed E-state index contributed by atoms with van der Waals surface area (Å²) < 4.78 is 5.37. The van der Waals surface area contributed by atoms with Gasteiger partial charge in [0.1, 0.15) is 6.26 Å². The normalized spacial score (nSPS) is 12.6. The van der Waals surface area contributed by atoms with Crippen molar-refractivity contribution in [2.75, 3.05) is 7.05 Å². The van der Waals surface area contributed by atoms with Crippen molar-refractivity contribution in [3.05, 3.63) is 41.8 Å². The van der Waals surface area contributed by atoms with E-state index in [2.05, 4.69) is 29.4 Å². The smallest absolute Gasteiger partial charge is 0.260 e. The number of rotatable bonds is 4. The molecular weight excluding hydrogens is 232 g/mol. The summed E-state index contributed by atoms with van der Waals surface area (Å²) >= 11 is 1.56. The number of hydrogen-bond acceptors (Lipinski definition) is 4. The van der Waals surface area contributed by atoms with Crippen molar-refractivity contribution in [1.82, 2.24) is 10.3 Å². The van der Waals surface area contributed by atoms with Crippen LogP contribution in [0, 0.1) is 6.92 Å². The zero-order chi connectivity index (χ0) is 12.3. The molecule has 2 aromatic rings. The molecule has 0 aliphatic carbocycles. The highest BCUT2D eigenvalue weighted by Gasteiger charge is 2.11. The first-order chi connectivity index (χ1) is 8.20. The maximum absolute atomic E-state index is 5.37. The summed E-state index contributed by atoms with van der Waals surface area (Å²) in [5.74, 6) is 0. The Balaban J connectivity index is 2.26. The van der Waals surface area contributed by atoms with Crippen molar-refractivity contribution in [1.29, 1.82) is 0 Å². The predicted molar refractivity (Wildman–Crippen MR) is 69.3 cm³/mol. The Morgan fingerprint density at radius 1 is 1.35 bits per heavy atom. The Kier molecular flexibility index (Phi) is 3.86. The Bertz CT molecular complexity index is 496. The zero-order valence-electron chi connectivity index (χ0n) is 10.2. The van der Waals surface area contributed by atoms with Crippen molar-refractivity contribution in [3.63, 3.8) is 0 Å². The summed E-state index contributed by atoms with van der Waals surface area (Å²) in [5.41, 5.74) is 2.17. The molecule has 0 aliphatic rings. The first kappa shape index (κ1) is 12.2. The summed E-state index contributed by atoms with van der Waals surface area (Å²) in [6.45, 7) is 4.07. The molecule has 17 heavy (non-hydrogen) atoms. The van der Waals surface area contributed by atoms with Gasteiger partial charge in [0.05, 0.1) is 5.69 Å². The van der Waals surface area contributed by atoms with Crippen LogP contribution in [0.25, 0.3) is 0 Å². The third-order valence-electron chi connectivity index (χ3n) is 2.61. The van der Waals surface area contributed by atoms with Gasteiger partial charge >= 0.3 is 0 Å². The van der Waals surface area contributed by atoms with Crippen LogP contribution in [-0.2, 0) is 0 Å². The molecule has 3 nitrogen and oxygen atoms in total. The van der Waals surface area contributed by atoms with Gasteiger partial charge in [-0.3, -0.25) is 0 Å². The van der Waals surface area contributed by atoms with Crippen molar-refractivity contribution >= 4 is 11.8 Å². The molecule has 0 amide bonds. The molecule has 0 fully saturated rings. The second kappa shape index (κ2) is 5.38. The van der Waals surface area contributed by atoms with E-state index in [1.165, 1.54) is 10.5 Å². The summed E-state index contributed by atoms with van der Waals surface area (Å²) in [6.07, 6.45) is 1.67. The van der Waals surface area contributed by atoms with Gasteiger partial charge in [-0.1, -0.05) is 18.2 Å². The lowest BCUT2D eigenvalue weighted by atomic mass is 10.1. The Morgan fingerprint density at radius 2 is 2.12 bits per heavy atom. The Labute approximate surface area is 106 Å². The van der Waals surface area contributed by atoms with Crippen LogP contribution in [0.15, 0.2) is 45.1 Å². The number of aryl methyl sites for hydroxylation is 1. The van der Waals surface area contributed by atoms with Crippen molar-refractivity contribution in [3.8, 4) is 0 Å². The van der Waals surface area contributed by atoms with Gasteiger partial charge in [0.25, 0.3) is 5.22 Å². The standard InChI is InChI=1S/C13H16N2OS/c1-9-8-16-13(15-9)17-12-7-5-4-6-11(12)10(2)14-3/h4-8,10,14H,1-3H3. The summed E-state index contributed by atoms with van der Waals surface area (Å²) in [5, 5.41) is 3.94. The van der Waals surface area contributed by atoms with Crippen molar-refractivity contribution in [2.24, 2.45) is 0 Å². The van der Waals surface area contributed by atoms with Gasteiger partial charge in [-0.2, -0.15) is 0 Å². The predicted octanol–water partition coefficient (Wildman–Crippen LogP) is 3.41. The molecule has 0 bridgehead atoms. The second-order valence-corrected chi connectivity index (χ2v) is 4.90. The molecule has 1 heterocycles. The highest BCUT2D eigenvalue weighted by molar-refractivity contribution is 7.99. The minimum Gasteiger partial charge on any atom is -0.439 e. The second-order valence-electron chi connectivity index (χ2n) is 3.91. The molecule has 1 aromatic heterocycles. The molecule has 0 saturated heterocycles. The first-order valence-electron chi connectivity index (χ1n) is 5.57. The lowest BCUT2D eigenvalue weighted by Gasteiger charge is -2.14. The topological polar surface area (TPSA) is 38.1 Å². The SMILES string of the molecule is CNC(C)c1ccccc1Sc1nc(C)co1. The van der Waals surface area contributed by atoms with Gasteiger partial charge in [0.15, 0.2) is 0 Å². The number of aromatic nitrogens is 1. The van der Waals surface area contributed by atoms with Crippen LogP contribution in [0.5, 0.6) is 0 Å². The summed E-state index contributed by atoms with van der Waals surface area (Å²) in [7, 11) is 1.96. The lowest BCUT2D eigenvalue weighted by molar-refractivity contribution is 0.454. The molecule has 1 unspecified atom stereocenters. The number of oxazole rings is 1. The number of nitrogens with zero attached hydrogens (tertiary/aromatic N) is 1. The maximum Gasteiger partial charge on any atom is 0.260 e. The fraction of sp³-hybridized carbons (Fsp3) is 0.308. The minimum absolute atomic E-state index is 0.315. The molecular formula is C13H16N2OS. The van der Waals surface area contributed by atoms with E-state index in [1.54, 1.807) is 18.0 Å². The average Bonchev–Trinajstić information content (AvgIpc) is 2.74. The lowest BCUT2D eigenvalue weighted by Crippen LogP contribution is -2.12. The van der Waals surface area contributed by atoms with E-state index in [0.29, 0.717) is 11.3 Å². The summed E-state index contributed by atoms with van der Waals surface area (Å²) in [4.78, 5) is 5.49. The van der Waals surface area contributed by atoms with Crippen LogP contribution < -0.4 is 5.32 Å². The molecule has 0 aliphatic heterocycles. The third kappa shape index (κ3) is 2.90. The van der Waals surface area contributed by atoms with E-state index in [9.17, 15) is 0 Å².